The molecular weight excluding hydrogens is 218 g/mol. The summed E-state index contributed by atoms with van der Waals surface area (Å²) < 4.78 is 0. The first-order chi connectivity index (χ1) is 8.09. The third kappa shape index (κ3) is 2.30. The van der Waals surface area contributed by atoms with E-state index in [0.29, 0.717) is 6.42 Å². The topological polar surface area (TPSA) is 57.6 Å². The minimum atomic E-state index is -0.874. The maximum Gasteiger partial charge on any atom is 0.308 e. The highest BCUT2D eigenvalue weighted by Crippen LogP contribution is 2.28. The lowest BCUT2D eigenvalue weighted by molar-refractivity contribution is -0.140. The third-order valence-electron chi connectivity index (χ3n) is 3.07. The smallest absolute Gasteiger partial charge is 0.308 e. The van der Waals surface area contributed by atoms with Crippen molar-refractivity contribution in [3.63, 3.8) is 0 Å². The van der Waals surface area contributed by atoms with E-state index in [1.165, 1.54) is 0 Å². The number of amides is 1. The Kier molecular flexibility index (Phi) is 3.13. The number of carboxylic acids is 1. The van der Waals surface area contributed by atoms with Gasteiger partial charge in [-0.1, -0.05) is 25.1 Å². The molecule has 0 radical (unpaired) electrons. The molecule has 0 saturated heterocycles. The molecule has 0 aromatic heterocycles. The molecule has 0 aliphatic carbocycles. The molecule has 1 atom stereocenters. The molecule has 1 aliphatic rings. The number of nitrogens with zero attached hydrogens (tertiary/aromatic N) is 1. The van der Waals surface area contributed by atoms with Gasteiger partial charge in [-0.15, -0.1) is 0 Å². The van der Waals surface area contributed by atoms with Crippen molar-refractivity contribution >= 4 is 17.6 Å². The molecule has 0 saturated carbocycles. The van der Waals surface area contributed by atoms with Gasteiger partial charge >= 0.3 is 5.97 Å². The van der Waals surface area contributed by atoms with Crippen LogP contribution >= 0.6 is 0 Å². The fourth-order valence-electron chi connectivity index (χ4n) is 2.05. The number of aliphatic carboxylic acids is 1. The van der Waals surface area contributed by atoms with Crippen LogP contribution in [0.4, 0.5) is 5.69 Å². The molecule has 4 nitrogen and oxygen atoms in total. The summed E-state index contributed by atoms with van der Waals surface area (Å²) >= 11 is 0. The zero-order valence-corrected chi connectivity index (χ0v) is 9.72. The molecular formula is C13H15NO3. The van der Waals surface area contributed by atoms with Crippen LogP contribution in [0.2, 0.25) is 0 Å². The highest BCUT2D eigenvalue weighted by atomic mass is 16.4. The Morgan fingerprint density at radius 1 is 1.41 bits per heavy atom. The summed E-state index contributed by atoms with van der Waals surface area (Å²) in [7, 11) is 0. The molecule has 0 fully saturated rings. The summed E-state index contributed by atoms with van der Waals surface area (Å²) in [6, 6.07) is 7.67. The number of carboxylic acid groups (broad SMARTS) is 1. The SMILES string of the molecule is CC(CN1C(=O)CCc2ccccc21)C(=O)O. The normalized spacial score (nSPS) is 16.5. The van der Waals surface area contributed by atoms with Crippen LogP contribution in [0.3, 0.4) is 0 Å². The lowest BCUT2D eigenvalue weighted by Crippen LogP contribution is -2.39. The second-order valence-electron chi connectivity index (χ2n) is 4.37. The Hall–Kier alpha value is -1.84. The number of anilines is 1. The van der Waals surface area contributed by atoms with Crippen LogP contribution in [0.1, 0.15) is 18.9 Å². The third-order valence-corrected chi connectivity index (χ3v) is 3.07. The fraction of sp³-hybridized carbons (Fsp3) is 0.385. The van der Waals surface area contributed by atoms with E-state index in [-0.39, 0.29) is 12.5 Å². The zero-order valence-electron chi connectivity index (χ0n) is 9.72. The summed E-state index contributed by atoms with van der Waals surface area (Å²) in [6.07, 6.45) is 1.20. The van der Waals surface area contributed by atoms with Gasteiger partial charge in [0, 0.05) is 18.7 Å². The van der Waals surface area contributed by atoms with Crippen LogP contribution in [-0.4, -0.2) is 23.5 Å². The van der Waals surface area contributed by atoms with E-state index in [1.54, 1.807) is 11.8 Å². The quantitative estimate of drug-likeness (QED) is 0.864. The van der Waals surface area contributed by atoms with Crippen molar-refractivity contribution in [2.24, 2.45) is 5.92 Å². The van der Waals surface area contributed by atoms with Gasteiger partial charge in [0.25, 0.3) is 0 Å². The van der Waals surface area contributed by atoms with Crippen molar-refractivity contribution in [2.75, 3.05) is 11.4 Å². The molecule has 1 amide bonds. The van der Waals surface area contributed by atoms with Crippen molar-refractivity contribution in [2.45, 2.75) is 19.8 Å². The molecule has 17 heavy (non-hydrogen) atoms. The van der Waals surface area contributed by atoms with Crippen molar-refractivity contribution in [3.8, 4) is 0 Å². The van der Waals surface area contributed by atoms with Crippen LogP contribution in [0.25, 0.3) is 0 Å². The number of carbonyl (C=O) groups excluding carboxylic acids is 1. The van der Waals surface area contributed by atoms with E-state index in [9.17, 15) is 9.59 Å². The first-order valence-corrected chi connectivity index (χ1v) is 5.70. The molecule has 1 unspecified atom stereocenters. The Labute approximate surface area is 99.9 Å². The predicted molar refractivity (Wildman–Crippen MR) is 63.9 cm³/mol. The van der Waals surface area contributed by atoms with E-state index in [1.807, 2.05) is 24.3 Å². The molecule has 90 valence electrons. The lowest BCUT2D eigenvalue weighted by atomic mass is 10.00. The summed E-state index contributed by atoms with van der Waals surface area (Å²) in [5.41, 5.74) is 1.97. The molecule has 1 aliphatic heterocycles. The predicted octanol–water partition coefficient (Wildman–Crippen LogP) is 1.69. The van der Waals surface area contributed by atoms with E-state index < -0.39 is 11.9 Å². The van der Waals surface area contributed by atoms with Gasteiger partial charge in [0.05, 0.1) is 5.92 Å². The molecule has 2 rings (SSSR count). The standard InChI is InChI=1S/C13H15NO3/c1-9(13(16)17)8-14-11-5-3-2-4-10(11)6-7-12(14)15/h2-5,9H,6-8H2,1H3,(H,16,17). The Balaban J connectivity index is 2.27. The van der Waals surface area contributed by atoms with Crippen LogP contribution in [0.15, 0.2) is 24.3 Å². The van der Waals surface area contributed by atoms with Gasteiger partial charge in [0.1, 0.15) is 0 Å². The summed E-state index contributed by atoms with van der Waals surface area (Å²) in [6.45, 7) is 1.86. The minimum absolute atomic E-state index is 0.0109. The average Bonchev–Trinajstić information content (AvgIpc) is 2.32. The van der Waals surface area contributed by atoms with Crippen molar-refractivity contribution in [3.05, 3.63) is 29.8 Å². The largest absolute Gasteiger partial charge is 0.481 e. The van der Waals surface area contributed by atoms with Gasteiger partial charge in [0.15, 0.2) is 0 Å². The molecule has 1 aromatic rings. The van der Waals surface area contributed by atoms with E-state index >= 15 is 0 Å². The summed E-state index contributed by atoms with van der Waals surface area (Å²) in [4.78, 5) is 24.3. The highest BCUT2D eigenvalue weighted by Gasteiger charge is 2.26. The van der Waals surface area contributed by atoms with Gasteiger partial charge in [-0.25, -0.2) is 0 Å². The number of hydrogen-bond donors (Lipinski definition) is 1. The molecule has 1 aromatic carbocycles. The Morgan fingerprint density at radius 3 is 2.82 bits per heavy atom. The molecule has 1 heterocycles. The van der Waals surface area contributed by atoms with E-state index in [4.69, 9.17) is 5.11 Å². The van der Waals surface area contributed by atoms with E-state index in [2.05, 4.69) is 0 Å². The maximum atomic E-state index is 11.8. The van der Waals surface area contributed by atoms with Crippen molar-refractivity contribution in [1.29, 1.82) is 0 Å². The first kappa shape index (κ1) is 11.6. The summed E-state index contributed by atoms with van der Waals surface area (Å²) in [5, 5.41) is 8.91. The lowest BCUT2D eigenvalue weighted by Gasteiger charge is -2.30. The molecule has 4 heteroatoms. The molecule has 0 spiro atoms. The number of rotatable bonds is 3. The van der Waals surface area contributed by atoms with Crippen LogP contribution in [-0.2, 0) is 16.0 Å². The number of aryl methyl sites for hydroxylation is 1. The zero-order chi connectivity index (χ0) is 12.4. The molecule has 0 bridgehead atoms. The van der Waals surface area contributed by atoms with Gasteiger partial charge in [-0.3, -0.25) is 9.59 Å². The minimum Gasteiger partial charge on any atom is -0.481 e. The average molecular weight is 233 g/mol. The second-order valence-corrected chi connectivity index (χ2v) is 4.37. The van der Waals surface area contributed by atoms with Gasteiger partial charge in [0.2, 0.25) is 5.91 Å². The van der Waals surface area contributed by atoms with E-state index in [0.717, 1.165) is 17.7 Å². The van der Waals surface area contributed by atoms with Crippen LogP contribution in [0, 0.1) is 5.92 Å². The Bertz CT molecular complexity index is 456. The number of hydrogen-bond acceptors (Lipinski definition) is 2. The van der Waals surface area contributed by atoms with Crippen LogP contribution in [0.5, 0.6) is 0 Å². The van der Waals surface area contributed by atoms with Crippen LogP contribution < -0.4 is 4.90 Å². The van der Waals surface area contributed by atoms with Crippen molar-refractivity contribution < 1.29 is 14.7 Å². The van der Waals surface area contributed by atoms with Gasteiger partial charge in [-0.2, -0.15) is 0 Å². The number of fused-ring (bicyclic) bond motifs is 1. The van der Waals surface area contributed by atoms with Gasteiger partial charge < -0.3 is 10.0 Å². The monoisotopic (exact) mass is 233 g/mol. The maximum absolute atomic E-state index is 11.8. The number of carbonyl (C=O) groups is 2. The second kappa shape index (κ2) is 4.57. The molecule has 1 N–H and O–H groups in total. The van der Waals surface area contributed by atoms with Gasteiger partial charge in [-0.05, 0) is 18.1 Å². The number of benzene rings is 1. The Morgan fingerprint density at radius 2 is 2.12 bits per heavy atom. The van der Waals surface area contributed by atoms with Crippen molar-refractivity contribution in [1.82, 2.24) is 0 Å². The highest BCUT2D eigenvalue weighted by molar-refractivity contribution is 5.96. The first-order valence-electron chi connectivity index (χ1n) is 5.70. The fourth-order valence-corrected chi connectivity index (χ4v) is 2.05. The number of para-hydroxylation sites is 1. The summed E-state index contributed by atoms with van der Waals surface area (Å²) in [5.74, 6) is -1.41.